The molecule has 1 N–H and O–H groups in total. The van der Waals surface area contributed by atoms with Crippen LogP contribution in [0.25, 0.3) is 22.4 Å². The van der Waals surface area contributed by atoms with Crippen molar-refractivity contribution in [2.24, 2.45) is 5.41 Å². The van der Waals surface area contributed by atoms with Gasteiger partial charge in [-0.05, 0) is 6.92 Å². The van der Waals surface area contributed by atoms with E-state index in [1.165, 1.54) is 5.56 Å². The molecule has 0 fully saturated rings. The largest absolute Gasteiger partial charge is 0.344 e. The number of nitrogens with zero attached hydrogens (tertiary/aromatic N) is 2. The number of aromatic amines is 1. The van der Waals surface area contributed by atoms with Gasteiger partial charge in [-0.3, -0.25) is 4.79 Å². The molecule has 0 saturated carbocycles. The summed E-state index contributed by atoms with van der Waals surface area (Å²) in [5.74, 6) is 0.0640. The second kappa shape index (κ2) is 6.95. The van der Waals surface area contributed by atoms with Crippen LogP contribution in [0.15, 0.2) is 36.7 Å². The maximum absolute atomic E-state index is 12.5. The Labute approximate surface area is 143 Å². The maximum Gasteiger partial charge on any atom is 0.171 e. The van der Waals surface area contributed by atoms with Gasteiger partial charge in [-0.25, -0.2) is 9.97 Å². The molecule has 0 amide bonds. The van der Waals surface area contributed by atoms with Crippen molar-refractivity contribution in [3.05, 3.63) is 47.8 Å². The predicted octanol–water partition coefficient (Wildman–Crippen LogP) is 5.19. The summed E-state index contributed by atoms with van der Waals surface area (Å²) >= 11 is 0. The molecule has 3 rings (SSSR count). The molecular weight excluding hydrogens is 298 g/mol. The van der Waals surface area contributed by atoms with Crippen molar-refractivity contribution in [2.75, 3.05) is 0 Å². The molecular formula is C20H25N3O. The van der Waals surface area contributed by atoms with Crippen molar-refractivity contribution in [3.63, 3.8) is 0 Å². The minimum atomic E-state index is -0.448. The fourth-order valence-electron chi connectivity index (χ4n) is 2.33. The van der Waals surface area contributed by atoms with E-state index in [4.69, 9.17) is 0 Å². The molecule has 2 aromatic heterocycles. The van der Waals surface area contributed by atoms with Crippen LogP contribution in [0.4, 0.5) is 0 Å². The number of aromatic nitrogens is 3. The normalized spacial score (nSPS) is 11.1. The van der Waals surface area contributed by atoms with Gasteiger partial charge in [-0.15, -0.1) is 0 Å². The molecule has 0 aliphatic rings. The number of carbonyl (C=O) groups excluding carboxylic acids is 1. The third-order valence-corrected chi connectivity index (χ3v) is 3.65. The van der Waals surface area contributed by atoms with Gasteiger partial charge in [0.1, 0.15) is 5.52 Å². The van der Waals surface area contributed by atoms with Gasteiger partial charge in [-0.1, -0.05) is 64.4 Å². The number of hydrogen-bond acceptors (Lipinski definition) is 3. The quantitative estimate of drug-likeness (QED) is 0.660. The predicted molar refractivity (Wildman–Crippen MR) is 99.2 cm³/mol. The molecule has 0 saturated heterocycles. The van der Waals surface area contributed by atoms with Gasteiger partial charge < -0.3 is 4.98 Å². The Kier molecular flexibility index (Phi) is 5.17. The molecule has 126 valence electrons. The summed E-state index contributed by atoms with van der Waals surface area (Å²) in [7, 11) is 0. The highest BCUT2D eigenvalue weighted by atomic mass is 16.1. The average molecular weight is 323 g/mol. The number of ketones is 1. The average Bonchev–Trinajstić information content (AvgIpc) is 2.98. The maximum atomic E-state index is 12.5. The van der Waals surface area contributed by atoms with Crippen LogP contribution in [0.5, 0.6) is 0 Å². The van der Waals surface area contributed by atoms with Gasteiger partial charge in [0.2, 0.25) is 0 Å². The zero-order chi connectivity index (χ0) is 17.9. The van der Waals surface area contributed by atoms with Crippen LogP contribution in [-0.4, -0.2) is 20.7 Å². The summed E-state index contributed by atoms with van der Waals surface area (Å²) in [6.45, 7) is 11.8. The number of fused-ring (bicyclic) bond motifs is 1. The molecule has 0 spiro atoms. The fraction of sp³-hybridized carbons (Fsp3) is 0.350. The number of Topliss-reactive ketones (excluding diaryl/α,β-unsaturated/α-hetero) is 1. The standard InChI is InChI=1S/C18H19N3O.C2H6/c1-11-5-7-12(8-6-11)14-10-20-17-15(21-14)13(9-19-17)16(22)18(2,3)4;1-2/h5-10H,1-4H3,(H,19,20);1-2H3. The molecule has 4 nitrogen and oxygen atoms in total. The van der Waals surface area contributed by atoms with Gasteiger partial charge in [0.25, 0.3) is 0 Å². The summed E-state index contributed by atoms with van der Waals surface area (Å²) in [4.78, 5) is 24.6. The second-order valence-electron chi connectivity index (χ2n) is 6.60. The molecule has 0 aliphatic carbocycles. The third-order valence-electron chi connectivity index (χ3n) is 3.65. The molecule has 2 heterocycles. The minimum absolute atomic E-state index is 0.0640. The lowest BCUT2D eigenvalue weighted by atomic mass is 9.87. The number of carbonyl (C=O) groups is 1. The van der Waals surface area contributed by atoms with E-state index in [9.17, 15) is 4.79 Å². The smallest absolute Gasteiger partial charge is 0.171 e. The van der Waals surface area contributed by atoms with Crippen molar-refractivity contribution in [2.45, 2.75) is 41.5 Å². The summed E-state index contributed by atoms with van der Waals surface area (Å²) in [6, 6.07) is 8.12. The summed E-state index contributed by atoms with van der Waals surface area (Å²) in [5, 5.41) is 0. The first kappa shape index (κ1) is 17.9. The molecule has 24 heavy (non-hydrogen) atoms. The highest BCUT2D eigenvalue weighted by molar-refractivity contribution is 6.08. The van der Waals surface area contributed by atoms with Gasteiger partial charge in [0.05, 0.1) is 17.5 Å². The van der Waals surface area contributed by atoms with Gasteiger partial charge in [0.15, 0.2) is 11.4 Å². The van der Waals surface area contributed by atoms with E-state index >= 15 is 0 Å². The lowest BCUT2D eigenvalue weighted by Gasteiger charge is -2.15. The Bertz CT molecular complexity index is 839. The van der Waals surface area contributed by atoms with Crippen LogP contribution in [0, 0.1) is 12.3 Å². The fourth-order valence-corrected chi connectivity index (χ4v) is 2.33. The molecule has 3 aromatic rings. The Morgan fingerprint density at radius 3 is 2.29 bits per heavy atom. The van der Waals surface area contributed by atoms with E-state index in [2.05, 4.69) is 15.0 Å². The number of hydrogen-bond donors (Lipinski definition) is 1. The van der Waals surface area contributed by atoms with Crippen molar-refractivity contribution in [1.82, 2.24) is 15.0 Å². The Balaban J connectivity index is 0.00000100. The molecule has 4 heteroatoms. The van der Waals surface area contributed by atoms with Gasteiger partial charge >= 0.3 is 0 Å². The van der Waals surface area contributed by atoms with Crippen molar-refractivity contribution < 1.29 is 4.79 Å². The van der Waals surface area contributed by atoms with Crippen molar-refractivity contribution in [1.29, 1.82) is 0 Å². The number of aryl methyl sites for hydroxylation is 1. The van der Waals surface area contributed by atoms with E-state index < -0.39 is 5.41 Å². The second-order valence-corrected chi connectivity index (χ2v) is 6.60. The van der Waals surface area contributed by atoms with Gasteiger partial charge in [-0.2, -0.15) is 0 Å². The first-order valence-electron chi connectivity index (χ1n) is 8.32. The van der Waals surface area contributed by atoms with E-state index in [0.717, 1.165) is 11.3 Å². The van der Waals surface area contributed by atoms with E-state index in [1.807, 2.05) is 65.8 Å². The molecule has 0 bridgehead atoms. The lowest BCUT2D eigenvalue weighted by molar-refractivity contribution is 0.0860. The number of H-pyrrole nitrogens is 1. The van der Waals surface area contributed by atoms with E-state index in [-0.39, 0.29) is 5.78 Å². The van der Waals surface area contributed by atoms with Crippen LogP contribution in [0.3, 0.4) is 0 Å². The highest BCUT2D eigenvalue weighted by Gasteiger charge is 2.26. The van der Waals surface area contributed by atoms with Crippen molar-refractivity contribution >= 4 is 16.9 Å². The van der Waals surface area contributed by atoms with Crippen LogP contribution in [0.1, 0.15) is 50.5 Å². The Morgan fingerprint density at radius 1 is 1.08 bits per heavy atom. The topological polar surface area (TPSA) is 58.6 Å². The van der Waals surface area contributed by atoms with Crippen LogP contribution in [0.2, 0.25) is 0 Å². The molecule has 0 unspecified atom stereocenters. The van der Waals surface area contributed by atoms with Crippen LogP contribution in [-0.2, 0) is 0 Å². The third kappa shape index (κ3) is 3.53. The molecule has 1 aromatic carbocycles. The summed E-state index contributed by atoms with van der Waals surface area (Å²) in [6.07, 6.45) is 3.44. The number of nitrogens with one attached hydrogen (secondary N) is 1. The zero-order valence-corrected chi connectivity index (χ0v) is 15.3. The van der Waals surface area contributed by atoms with Crippen LogP contribution >= 0.6 is 0 Å². The number of benzene rings is 1. The Morgan fingerprint density at radius 2 is 1.71 bits per heavy atom. The SMILES string of the molecule is CC.Cc1ccc(-c2cnc3[nH]cc(C(=O)C(C)(C)C)c3n2)cc1. The van der Waals surface area contributed by atoms with Gasteiger partial charge in [0, 0.05) is 17.2 Å². The summed E-state index contributed by atoms with van der Waals surface area (Å²) < 4.78 is 0. The molecule has 0 aliphatic heterocycles. The lowest BCUT2D eigenvalue weighted by Crippen LogP contribution is -2.20. The first-order chi connectivity index (χ1) is 11.4. The van der Waals surface area contributed by atoms with E-state index in [0.29, 0.717) is 16.7 Å². The minimum Gasteiger partial charge on any atom is -0.344 e. The number of rotatable bonds is 2. The molecule has 0 atom stereocenters. The summed E-state index contributed by atoms with van der Waals surface area (Å²) in [5.41, 5.74) is 4.40. The monoisotopic (exact) mass is 323 g/mol. The first-order valence-corrected chi connectivity index (χ1v) is 8.32. The Hall–Kier alpha value is -2.49. The molecule has 0 radical (unpaired) electrons. The van der Waals surface area contributed by atoms with Crippen LogP contribution < -0.4 is 0 Å². The highest BCUT2D eigenvalue weighted by Crippen LogP contribution is 2.26. The van der Waals surface area contributed by atoms with Crippen molar-refractivity contribution in [3.8, 4) is 11.3 Å². The van der Waals surface area contributed by atoms with E-state index in [1.54, 1.807) is 12.4 Å². The zero-order valence-electron chi connectivity index (χ0n) is 15.3.